The fourth-order valence-electron chi connectivity index (χ4n) is 4.46. The zero-order chi connectivity index (χ0) is 34.6. The summed E-state index contributed by atoms with van der Waals surface area (Å²) in [5.74, 6) is -2.94. The molecular formula is C26H30ClN9O7S4. The van der Waals surface area contributed by atoms with Crippen LogP contribution in [0.5, 0.6) is 0 Å². The fourth-order valence-corrected chi connectivity index (χ4v) is 8.95. The predicted molar refractivity (Wildman–Crippen MR) is 180 cm³/mol. The number of carboxylic acid groups (broad SMARTS) is 1. The third-order valence-corrected chi connectivity index (χ3v) is 11.4. The number of nitrogens with two attached hydrogens (primary N) is 3. The zero-order valence-corrected chi connectivity index (χ0v) is 28.8. The Hall–Kier alpha value is -3.40. The van der Waals surface area contributed by atoms with E-state index in [2.05, 4.69) is 20.4 Å². The summed E-state index contributed by atoms with van der Waals surface area (Å²) < 4.78 is 0.0142. The van der Waals surface area contributed by atoms with Gasteiger partial charge in [0.1, 0.15) is 27.1 Å². The van der Waals surface area contributed by atoms with Gasteiger partial charge in [-0.1, -0.05) is 39.9 Å². The van der Waals surface area contributed by atoms with Crippen LogP contribution < -0.4 is 22.5 Å². The van der Waals surface area contributed by atoms with Crippen molar-refractivity contribution in [1.29, 1.82) is 0 Å². The summed E-state index contributed by atoms with van der Waals surface area (Å²) in [6.07, 6.45) is 3.19. The number of thiazole rings is 1. The van der Waals surface area contributed by atoms with Gasteiger partial charge in [-0.15, -0.1) is 11.8 Å². The minimum absolute atomic E-state index is 0.0142. The van der Waals surface area contributed by atoms with Gasteiger partial charge in [-0.2, -0.15) is 11.8 Å². The van der Waals surface area contributed by atoms with E-state index in [0.29, 0.717) is 21.3 Å². The molecule has 0 aromatic carbocycles. The topological polar surface area (TPSA) is 261 Å². The molecule has 0 spiro atoms. The lowest BCUT2D eigenvalue weighted by Gasteiger charge is -2.49. The van der Waals surface area contributed by atoms with Gasteiger partial charge in [-0.05, 0) is 25.5 Å². The molecule has 2 aromatic heterocycles. The number of hydrogen-bond donors (Lipinski definition) is 6. The van der Waals surface area contributed by atoms with Crippen molar-refractivity contribution in [3.63, 3.8) is 0 Å². The van der Waals surface area contributed by atoms with E-state index in [9.17, 15) is 34.3 Å². The van der Waals surface area contributed by atoms with Crippen molar-refractivity contribution in [2.45, 2.75) is 48.0 Å². The lowest BCUT2D eigenvalue weighted by Crippen LogP contribution is -2.71. The number of carbonyl (C=O) groups is 5. The Balaban J connectivity index is 1.44. The molecule has 4 heterocycles. The summed E-state index contributed by atoms with van der Waals surface area (Å²) in [6, 6.07) is -1.11. The SMILES string of the molecule is C[C@H](N)C(=O)N(CCSCc1cnccc1SC1=C(C(=O)O)N2C(=O)[C@@H](NC(=O)/C(=N\O)c3nc(N)sc3Cl)[C@@H]2SC1)C(=O)[C@H](C)N. The minimum Gasteiger partial charge on any atom is -0.477 e. The van der Waals surface area contributed by atoms with Crippen LogP contribution in [0, 0.1) is 0 Å². The Bertz CT molecular complexity index is 1630. The molecule has 2 aliphatic rings. The summed E-state index contributed by atoms with van der Waals surface area (Å²) in [6.45, 7) is 3.09. The van der Waals surface area contributed by atoms with Crippen molar-refractivity contribution in [1.82, 2.24) is 25.1 Å². The van der Waals surface area contributed by atoms with Crippen molar-refractivity contribution in [2.24, 2.45) is 16.6 Å². The quantitative estimate of drug-likeness (QED) is 0.0543. The monoisotopic (exact) mass is 743 g/mol. The van der Waals surface area contributed by atoms with Crippen LogP contribution in [0.2, 0.25) is 4.34 Å². The first-order valence-electron chi connectivity index (χ1n) is 13.7. The largest absolute Gasteiger partial charge is 0.477 e. The third kappa shape index (κ3) is 8.02. The summed E-state index contributed by atoms with van der Waals surface area (Å²) in [5.41, 5.74) is 16.9. The molecule has 252 valence electrons. The smallest absolute Gasteiger partial charge is 0.353 e. The first-order valence-corrected chi connectivity index (χ1v) is 17.9. The van der Waals surface area contributed by atoms with E-state index in [0.717, 1.165) is 26.7 Å². The van der Waals surface area contributed by atoms with Crippen LogP contribution in [-0.4, -0.2) is 107 Å². The van der Waals surface area contributed by atoms with Gasteiger partial charge in [0, 0.05) is 46.0 Å². The van der Waals surface area contributed by atoms with Gasteiger partial charge in [0.25, 0.3) is 11.8 Å². The van der Waals surface area contributed by atoms with Gasteiger partial charge >= 0.3 is 5.97 Å². The van der Waals surface area contributed by atoms with Gasteiger partial charge in [0.15, 0.2) is 10.8 Å². The molecule has 0 bridgehead atoms. The summed E-state index contributed by atoms with van der Waals surface area (Å²) >= 11 is 10.8. The number of carbonyl (C=O) groups excluding carboxylic acids is 4. The Morgan fingerprint density at radius 1 is 1.26 bits per heavy atom. The molecule has 9 N–H and O–H groups in total. The number of pyridine rings is 1. The van der Waals surface area contributed by atoms with E-state index < -0.39 is 58.8 Å². The van der Waals surface area contributed by atoms with E-state index in [1.165, 1.54) is 49.1 Å². The number of anilines is 1. The molecule has 0 saturated carbocycles. The lowest BCUT2D eigenvalue weighted by atomic mass is 10.0. The molecule has 4 atom stereocenters. The summed E-state index contributed by atoms with van der Waals surface area (Å²) in [7, 11) is 0. The first-order chi connectivity index (χ1) is 22.3. The van der Waals surface area contributed by atoms with Crippen LogP contribution in [0.3, 0.4) is 0 Å². The number of imide groups is 1. The average Bonchev–Trinajstić information content (AvgIpc) is 3.36. The number of fused-ring (bicyclic) bond motifs is 1. The highest BCUT2D eigenvalue weighted by Crippen LogP contribution is 2.46. The van der Waals surface area contributed by atoms with Crippen molar-refractivity contribution in [3.05, 3.63) is 44.7 Å². The predicted octanol–water partition coefficient (Wildman–Crippen LogP) is 0.723. The van der Waals surface area contributed by atoms with Gasteiger partial charge < -0.3 is 32.8 Å². The maximum absolute atomic E-state index is 13.2. The number of oxime groups is 1. The second-order valence-corrected chi connectivity index (χ2v) is 15.1. The Kier molecular flexibility index (Phi) is 12.1. The molecule has 4 rings (SSSR count). The van der Waals surface area contributed by atoms with Crippen LogP contribution >= 0.6 is 58.2 Å². The Labute approximate surface area is 289 Å². The van der Waals surface area contributed by atoms with Crippen molar-refractivity contribution < 1.29 is 34.3 Å². The molecule has 21 heteroatoms. The Morgan fingerprint density at radius 2 is 1.94 bits per heavy atom. The van der Waals surface area contributed by atoms with Crippen molar-refractivity contribution in [2.75, 3.05) is 23.8 Å². The molecule has 47 heavy (non-hydrogen) atoms. The van der Waals surface area contributed by atoms with Gasteiger partial charge in [-0.3, -0.25) is 34.0 Å². The number of rotatable bonds is 13. The standard InChI is InChI=1S/C26H30ClN9O7S4/c1-10(28)21(38)35(22(39)11(2)29)5-6-44-8-12-7-31-4-3-13(12)46-14-9-45-24-17(23(40)36(24)18(14)25(41)42)32-20(37)16(34-43)15-19(27)47-26(30)33-15/h3-4,7,10-11,17,24,43H,5-6,8-9,28-29H2,1-2H3,(H2,30,33)(H,32,37)(H,41,42)/b34-16-/t10-,11-,17+,24-/m0/s1. The van der Waals surface area contributed by atoms with Gasteiger partial charge in [-0.25, -0.2) is 9.78 Å². The number of hydrogen-bond acceptors (Lipinski definition) is 16. The summed E-state index contributed by atoms with van der Waals surface area (Å²) in [5, 5.41) is 24.3. The summed E-state index contributed by atoms with van der Waals surface area (Å²) in [4.78, 5) is 74.7. The van der Waals surface area contributed by atoms with E-state index in [4.69, 9.17) is 28.8 Å². The highest BCUT2D eigenvalue weighted by Gasteiger charge is 2.54. The van der Waals surface area contributed by atoms with Crippen molar-refractivity contribution in [3.8, 4) is 0 Å². The average molecular weight is 744 g/mol. The molecular weight excluding hydrogens is 714 g/mol. The molecule has 0 radical (unpaired) electrons. The van der Waals surface area contributed by atoms with Crippen molar-refractivity contribution >= 4 is 98.7 Å². The van der Waals surface area contributed by atoms with Gasteiger partial charge in [0.05, 0.1) is 12.1 Å². The van der Waals surface area contributed by atoms with Crippen LogP contribution in [0.25, 0.3) is 0 Å². The normalized spacial score (nSPS) is 19.0. The molecule has 0 unspecified atom stereocenters. The first kappa shape index (κ1) is 36.4. The number of thioether (sulfide) groups is 3. The Morgan fingerprint density at radius 3 is 2.51 bits per heavy atom. The maximum atomic E-state index is 13.2. The molecule has 1 fully saturated rings. The number of aliphatic carboxylic acids is 1. The maximum Gasteiger partial charge on any atom is 0.353 e. The van der Waals surface area contributed by atoms with Crippen LogP contribution in [0.4, 0.5) is 5.13 Å². The second kappa shape index (κ2) is 15.7. The molecule has 2 aromatic rings. The number of nitrogens with one attached hydrogen (secondary N) is 1. The van der Waals surface area contributed by atoms with E-state index in [-0.39, 0.29) is 33.2 Å². The number of carboxylic acids is 1. The number of β-lactam (4-membered cyclic amide) rings is 1. The molecule has 0 aliphatic carbocycles. The molecule has 1 saturated heterocycles. The van der Waals surface area contributed by atoms with Gasteiger partial charge in [0.2, 0.25) is 11.8 Å². The molecule has 16 nitrogen and oxygen atoms in total. The number of halogens is 1. The van der Waals surface area contributed by atoms with E-state index in [1.54, 1.807) is 18.5 Å². The third-order valence-electron chi connectivity index (χ3n) is 6.68. The highest BCUT2D eigenvalue weighted by atomic mass is 35.5. The number of nitrogens with zero attached hydrogens (tertiary/aromatic N) is 5. The number of amides is 4. The lowest BCUT2D eigenvalue weighted by molar-refractivity contribution is -0.150. The fraction of sp³-hybridized carbons (Fsp3) is 0.385. The van der Waals surface area contributed by atoms with Crippen LogP contribution in [0.1, 0.15) is 25.1 Å². The zero-order valence-electron chi connectivity index (χ0n) is 24.8. The number of nitrogen functional groups attached to an aromatic ring is 1. The van der Waals surface area contributed by atoms with E-state index in [1.807, 2.05) is 0 Å². The minimum atomic E-state index is -1.32. The van der Waals surface area contributed by atoms with E-state index >= 15 is 0 Å². The number of aromatic nitrogens is 2. The second-order valence-electron chi connectivity index (χ2n) is 10.1. The van der Waals surface area contributed by atoms with Crippen LogP contribution in [-0.2, 0) is 29.7 Å². The van der Waals surface area contributed by atoms with Crippen LogP contribution in [0.15, 0.2) is 39.1 Å². The highest BCUT2D eigenvalue weighted by molar-refractivity contribution is 8.06. The molecule has 4 amide bonds. The molecule has 2 aliphatic heterocycles.